The lowest BCUT2D eigenvalue weighted by molar-refractivity contribution is -0.137. The summed E-state index contributed by atoms with van der Waals surface area (Å²) in [6.07, 6.45) is 4.65. The quantitative estimate of drug-likeness (QED) is 0.875. The van der Waals surface area contributed by atoms with Crippen LogP contribution in [0, 0.1) is 0 Å². The second kappa shape index (κ2) is 7.23. The van der Waals surface area contributed by atoms with E-state index in [0.717, 1.165) is 31.6 Å². The van der Waals surface area contributed by atoms with E-state index in [0.29, 0.717) is 18.0 Å². The van der Waals surface area contributed by atoms with E-state index in [2.05, 4.69) is 10.3 Å². The summed E-state index contributed by atoms with van der Waals surface area (Å²) < 4.78 is 0. The van der Waals surface area contributed by atoms with Gasteiger partial charge < -0.3 is 10.0 Å². The summed E-state index contributed by atoms with van der Waals surface area (Å²) in [4.78, 5) is 28.5. The van der Waals surface area contributed by atoms with Gasteiger partial charge in [0.15, 0.2) is 5.13 Å². The molecule has 2 rings (SSSR count). The van der Waals surface area contributed by atoms with E-state index in [-0.39, 0.29) is 12.5 Å². The summed E-state index contributed by atoms with van der Waals surface area (Å²) in [5, 5.41) is 13.8. The number of rotatable bonds is 5. The average Bonchev–Trinajstić information content (AvgIpc) is 2.87. The SMILES string of the molecule is O=C(O)CCCc1csc(NC(=O)N2CCCCC2)n1. The number of hydrogen-bond acceptors (Lipinski definition) is 4. The first-order chi connectivity index (χ1) is 9.65. The van der Waals surface area contributed by atoms with Gasteiger partial charge in [-0.3, -0.25) is 10.1 Å². The molecule has 20 heavy (non-hydrogen) atoms. The Morgan fingerprint density at radius 1 is 1.35 bits per heavy atom. The summed E-state index contributed by atoms with van der Waals surface area (Å²) in [6, 6.07) is -0.0869. The molecule has 0 spiro atoms. The molecule has 1 aliphatic rings. The van der Waals surface area contributed by atoms with Gasteiger partial charge in [0.05, 0.1) is 5.69 Å². The van der Waals surface area contributed by atoms with Gasteiger partial charge in [-0.25, -0.2) is 9.78 Å². The van der Waals surface area contributed by atoms with Gasteiger partial charge >= 0.3 is 12.0 Å². The number of carbonyl (C=O) groups is 2. The lowest BCUT2D eigenvalue weighted by atomic mass is 10.1. The Bertz CT molecular complexity index is 469. The molecule has 0 unspecified atom stereocenters. The topological polar surface area (TPSA) is 82.5 Å². The highest BCUT2D eigenvalue weighted by Gasteiger charge is 2.17. The molecule has 1 aromatic rings. The maximum atomic E-state index is 12.0. The van der Waals surface area contributed by atoms with Crippen molar-refractivity contribution in [2.45, 2.75) is 38.5 Å². The smallest absolute Gasteiger partial charge is 0.323 e. The van der Waals surface area contributed by atoms with Crippen molar-refractivity contribution in [1.82, 2.24) is 9.88 Å². The predicted octanol–water partition coefficient (Wildman–Crippen LogP) is 2.57. The molecule has 7 heteroatoms. The molecule has 0 aromatic carbocycles. The zero-order valence-corrected chi connectivity index (χ0v) is 12.1. The first kappa shape index (κ1) is 14.8. The molecule has 2 heterocycles. The fourth-order valence-corrected chi connectivity index (χ4v) is 2.90. The Morgan fingerprint density at radius 3 is 2.80 bits per heavy atom. The monoisotopic (exact) mass is 297 g/mol. The van der Waals surface area contributed by atoms with Crippen molar-refractivity contribution >= 4 is 28.5 Å². The Hall–Kier alpha value is -1.63. The number of carboxylic acid groups (broad SMARTS) is 1. The van der Waals surface area contributed by atoms with E-state index in [9.17, 15) is 9.59 Å². The van der Waals surface area contributed by atoms with Gasteiger partial charge in [-0.15, -0.1) is 11.3 Å². The number of anilines is 1. The van der Waals surface area contributed by atoms with E-state index in [1.807, 2.05) is 10.3 Å². The molecule has 1 fully saturated rings. The summed E-state index contributed by atoms with van der Waals surface area (Å²) in [6.45, 7) is 1.62. The van der Waals surface area contributed by atoms with Gasteiger partial charge in [0, 0.05) is 24.9 Å². The van der Waals surface area contributed by atoms with E-state index < -0.39 is 5.97 Å². The van der Waals surface area contributed by atoms with E-state index >= 15 is 0 Å². The van der Waals surface area contributed by atoms with Crippen LogP contribution in [0.1, 0.15) is 37.8 Å². The van der Waals surface area contributed by atoms with Gasteiger partial charge in [-0.05, 0) is 32.1 Å². The molecule has 1 saturated heterocycles. The normalized spacial score (nSPS) is 15.1. The van der Waals surface area contributed by atoms with Crippen molar-refractivity contribution in [2.75, 3.05) is 18.4 Å². The highest BCUT2D eigenvalue weighted by molar-refractivity contribution is 7.13. The third-order valence-corrected chi connectivity index (χ3v) is 4.04. The van der Waals surface area contributed by atoms with Crippen molar-refractivity contribution in [3.8, 4) is 0 Å². The molecule has 110 valence electrons. The van der Waals surface area contributed by atoms with E-state index in [4.69, 9.17) is 5.11 Å². The van der Waals surface area contributed by atoms with Gasteiger partial charge in [0.2, 0.25) is 0 Å². The van der Waals surface area contributed by atoms with E-state index in [1.54, 1.807) is 0 Å². The molecule has 0 aliphatic carbocycles. The zero-order valence-electron chi connectivity index (χ0n) is 11.3. The van der Waals surface area contributed by atoms with Crippen LogP contribution in [0.15, 0.2) is 5.38 Å². The number of urea groups is 1. The van der Waals surface area contributed by atoms with Crippen LogP contribution in [0.4, 0.5) is 9.93 Å². The minimum atomic E-state index is -0.793. The third-order valence-electron chi connectivity index (χ3n) is 3.23. The summed E-state index contributed by atoms with van der Waals surface area (Å²) in [5.41, 5.74) is 0.838. The van der Waals surface area contributed by atoms with Crippen molar-refractivity contribution in [2.24, 2.45) is 0 Å². The first-order valence-electron chi connectivity index (χ1n) is 6.87. The highest BCUT2D eigenvalue weighted by atomic mass is 32.1. The number of nitrogens with one attached hydrogen (secondary N) is 1. The van der Waals surface area contributed by atoms with Crippen molar-refractivity contribution < 1.29 is 14.7 Å². The lowest BCUT2D eigenvalue weighted by Gasteiger charge is -2.26. The number of thiazole rings is 1. The summed E-state index contributed by atoms with van der Waals surface area (Å²) >= 11 is 1.38. The highest BCUT2D eigenvalue weighted by Crippen LogP contribution is 2.18. The molecule has 0 atom stereocenters. The van der Waals surface area contributed by atoms with Gasteiger partial charge in [-0.2, -0.15) is 0 Å². The number of nitrogens with zero attached hydrogens (tertiary/aromatic N) is 2. The van der Waals surface area contributed by atoms with Crippen LogP contribution in [-0.2, 0) is 11.2 Å². The van der Waals surface area contributed by atoms with Crippen molar-refractivity contribution in [1.29, 1.82) is 0 Å². The number of carboxylic acids is 1. The third kappa shape index (κ3) is 4.48. The van der Waals surface area contributed by atoms with Crippen LogP contribution >= 0.6 is 11.3 Å². The number of aliphatic carboxylic acids is 1. The van der Waals surface area contributed by atoms with Crippen molar-refractivity contribution in [3.05, 3.63) is 11.1 Å². The van der Waals surface area contributed by atoms with Crippen molar-refractivity contribution in [3.63, 3.8) is 0 Å². The van der Waals surface area contributed by atoms with Crippen LogP contribution < -0.4 is 5.32 Å². The number of likely N-dealkylation sites (tertiary alicyclic amines) is 1. The Morgan fingerprint density at radius 2 is 2.10 bits per heavy atom. The number of amides is 2. The molecular weight excluding hydrogens is 278 g/mol. The van der Waals surface area contributed by atoms with Gasteiger partial charge in [-0.1, -0.05) is 0 Å². The van der Waals surface area contributed by atoms with Crippen LogP contribution in [0.2, 0.25) is 0 Å². The molecule has 1 aliphatic heterocycles. The number of aryl methyl sites for hydroxylation is 1. The molecule has 2 amide bonds. The Labute approximate surface area is 121 Å². The molecule has 1 aromatic heterocycles. The maximum Gasteiger partial charge on any atom is 0.323 e. The van der Waals surface area contributed by atoms with Crippen LogP contribution in [0.5, 0.6) is 0 Å². The minimum absolute atomic E-state index is 0.0869. The first-order valence-corrected chi connectivity index (χ1v) is 7.75. The lowest BCUT2D eigenvalue weighted by Crippen LogP contribution is -2.38. The maximum absolute atomic E-state index is 12.0. The summed E-state index contributed by atoms with van der Waals surface area (Å²) in [5.74, 6) is -0.793. The average molecular weight is 297 g/mol. The van der Waals surface area contributed by atoms with Crippen LogP contribution in [0.3, 0.4) is 0 Å². The molecule has 0 radical (unpaired) electrons. The Kier molecular flexibility index (Phi) is 5.34. The van der Waals surface area contributed by atoms with Crippen LogP contribution in [-0.4, -0.2) is 40.1 Å². The molecule has 6 nitrogen and oxygen atoms in total. The molecule has 0 bridgehead atoms. The second-order valence-electron chi connectivity index (χ2n) is 4.87. The molecule has 0 saturated carbocycles. The number of piperidine rings is 1. The zero-order chi connectivity index (χ0) is 14.4. The summed E-state index contributed by atoms with van der Waals surface area (Å²) in [7, 11) is 0. The fourth-order valence-electron chi connectivity index (χ4n) is 2.17. The van der Waals surface area contributed by atoms with Gasteiger partial charge in [0.25, 0.3) is 0 Å². The fraction of sp³-hybridized carbons (Fsp3) is 0.615. The molecular formula is C13H19N3O3S. The largest absolute Gasteiger partial charge is 0.481 e. The van der Waals surface area contributed by atoms with Gasteiger partial charge in [0.1, 0.15) is 0 Å². The minimum Gasteiger partial charge on any atom is -0.481 e. The number of hydrogen-bond donors (Lipinski definition) is 2. The number of aromatic nitrogens is 1. The van der Waals surface area contributed by atoms with E-state index in [1.165, 1.54) is 17.8 Å². The Balaban J connectivity index is 1.79. The number of carbonyl (C=O) groups excluding carboxylic acids is 1. The second-order valence-corrected chi connectivity index (χ2v) is 5.73. The molecule has 2 N–H and O–H groups in total. The standard InChI is InChI=1S/C13H19N3O3S/c17-11(18)6-4-5-10-9-20-12(14-10)15-13(19)16-7-2-1-3-8-16/h9H,1-8H2,(H,17,18)(H,14,15,19). The predicted molar refractivity (Wildman–Crippen MR) is 77.1 cm³/mol. The van der Waals surface area contributed by atoms with Crippen LogP contribution in [0.25, 0.3) is 0 Å².